The van der Waals surface area contributed by atoms with Gasteiger partial charge in [0.2, 0.25) is 0 Å². The van der Waals surface area contributed by atoms with Crippen molar-refractivity contribution >= 4 is 28.8 Å². The zero-order valence-corrected chi connectivity index (χ0v) is 16.7. The normalized spacial score (nSPS) is 11.9. The molecular weight excluding hydrogens is 408 g/mol. The summed E-state index contributed by atoms with van der Waals surface area (Å²) < 4.78 is 0. The van der Waals surface area contributed by atoms with E-state index in [0.29, 0.717) is 21.9 Å². The molecule has 2 aromatic carbocycles. The SMILES string of the molecule is O=C(NC(C(=O)NN=Cc1cccnc1)c1n[nH]c(=O)c2ccccc12)c1ccccc1. The molecule has 9 heteroatoms. The van der Waals surface area contributed by atoms with Gasteiger partial charge in [-0.2, -0.15) is 10.2 Å². The molecule has 0 aliphatic heterocycles. The van der Waals surface area contributed by atoms with Gasteiger partial charge in [-0.1, -0.05) is 42.5 Å². The van der Waals surface area contributed by atoms with Crippen LogP contribution in [-0.2, 0) is 4.79 Å². The molecule has 1 unspecified atom stereocenters. The summed E-state index contributed by atoms with van der Waals surface area (Å²) in [5, 5.41) is 13.9. The fourth-order valence-corrected chi connectivity index (χ4v) is 3.11. The van der Waals surface area contributed by atoms with Crippen LogP contribution in [0.25, 0.3) is 10.8 Å². The third kappa shape index (κ3) is 4.57. The number of hydrogen-bond donors (Lipinski definition) is 3. The minimum atomic E-state index is -1.21. The first kappa shape index (κ1) is 20.6. The third-order valence-corrected chi connectivity index (χ3v) is 4.65. The molecular formula is C23H18N6O3. The number of amides is 2. The summed E-state index contributed by atoms with van der Waals surface area (Å²) in [5.41, 5.74) is 3.28. The van der Waals surface area contributed by atoms with Gasteiger partial charge in [-0.15, -0.1) is 0 Å². The molecule has 32 heavy (non-hydrogen) atoms. The van der Waals surface area contributed by atoms with E-state index in [2.05, 4.69) is 31.0 Å². The number of pyridine rings is 1. The Morgan fingerprint density at radius 1 is 0.969 bits per heavy atom. The smallest absolute Gasteiger partial charge is 0.272 e. The molecule has 4 rings (SSSR count). The fraction of sp³-hybridized carbons (Fsp3) is 0.0435. The summed E-state index contributed by atoms with van der Waals surface area (Å²) in [5.74, 6) is -1.10. The van der Waals surface area contributed by atoms with Gasteiger partial charge >= 0.3 is 0 Å². The van der Waals surface area contributed by atoms with E-state index in [0.717, 1.165) is 0 Å². The third-order valence-electron chi connectivity index (χ3n) is 4.65. The fourth-order valence-electron chi connectivity index (χ4n) is 3.11. The monoisotopic (exact) mass is 426 g/mol. The van der Waals surface area contributed by atoms with Crippen molar-refractivity contribution in [2.75, 3.05) is 0 Å². The van der Waals surface area contributed by atoms with Gasteiger partial charge in [0.05, 0.1) is 11.6 Å². The van der Waals surface area contributed by atoms with Crippen LogP contribution in [0, 0.1) is 0 Å². The van der Waals surface area contributed by atoms with E-state index in [-0.39, 0.29) is 5.69 Å². The average molecular weight is 426 g/mol. The lowest BCUT2D eigenvalue weighted by Gasteiger charge is -2.18. The molecule has 0 saturated heterocycles. The van der Waals surface area contributed by atoms with Crippen molar-refractivity contribution in [3.63, 3.8) is 0 Å². The first-order valence-electron chi connectivity index (χ1n) is 9.69. The summed E-state index contributed by atoms with van der Waals surface area (Å²) >= 11 is 0. The zero-order chi connectivity index (χ0) is 22.3. The number of nitrogens with zero attached hydrogens (tertiary/aromatic N) is 3. The Morgan fingerprint density at radius 2 is 1.72 bits per heavy atom. The van der Waals surface area contributed by atoms with E-state index < -0.39 is 23.4 Å². The molecule has 0 spiro atoms. The van der Waals surface area contributed by atoms with Crippen molar-refractivity contribution in [2.24, 2.45) is 5.10 Å². The van der Waals surface area contributed by atoms with Crippen LogP contribution in [0.4, 0.5) is 0 Å². The van der Waals surface area contributed by atoms with Gasteiger partial charge in [0.15, 0.2) is 6.04 Å². The lowest BCUT2D eigenvalue weighted by atomic mass is 10.0. The van der Waals surface area contributed by atoms with Crippen LogP contribution in [0.2, 0.25) is 0 Å². The summed E-state index contributed by atoms with van der Waals surface area (Å²) in [6.07, 6.45) is 4.64. The molecule has 0 radical (unpaired) electrons. The van der Waals surface area contributed by atoms with Crippen LogP contribution < -0.4 is 16.3 Å². The van der Waals surface area contributed by atoms with Crippen molar-refractivity contribution in [1.82, 2.24) is 25.9 Å². The van der Waals surface area contributed by atoms with Crippen molar-refractivity contribution in [3.05, 3.63) is 106 Å². The molecule has 158 valence electrons. The van der Waals surface area contributed by atoms with Gasteiger partial charge in [0, 0.05) is 28.9 Å². The standard InChI is InChI=1S/C23H18N6O3/c30-21(16-8-2-1-3-9-16)26-20(23(32)28-25-14-15-7-6-12-24-13-15)19-17-10-4-5-11-18(17)22(31)29-27-19/h1-14,20H,(H,26,30)(H,28,32)(H,29,31). The molecule has 0 saturated carbocycles. The number of fused-ring (bicyclic) bond motifs is 1. The number of rotatable bonds is 6. The lowest BCUT2D eigenvalue weighted by Crippen LogP contribution is -2.40. The second kappa shape index (κ2) is 9.43. The van der Waals surface area contributed by atoms with Crippen LogP contribution >= 0.6 is 0 Å². The summed E-state index contributed by atoms with van der Waals surface area (Å²) in [6, 6.07) is 17.5. The Morgan fingerprint density at radius 3 is 2.47 bits per heavy atom. The number of carbonyl (C=O) groups excluding carboxylic acids is 2. The van der Waals surface area contributed by atoms with Crippen LogP contribution in [0.3, 0.4) is 0 Å². The molecule has 2 amide bonds. The molecule has 0 bridgehead atoms. The Labute approximate surface area is 182 Å². The zero-order valence-electron chi connectivity index (χ0n) is 16.7. The number of nitrogens with one attached hydrogen (secondary N) is 3. The number of aromatic nitrogens is 3. The predicted octanol–water partition coefficient (Wildman–Crippen LogP) is 1.94. The predicted molar refractivity (Wildman–Crippen MR) is 119 cm³/mol. The topological polar surface area (TPSA) is 129 Å². The van der Waals surface area contributed by atoms with E-state index in [1.807, 2.05) is 0 Å². The van der Waals surface area contributed by atoms with Gasteiger partial charge in [0.1, 0.15) is 5.69 Å². The maximum absolute atomic E-state index is 13.0. The first-order valence-corrected chi connectivity index (χ1v) is 9.69. The highest BCUT2D eigenvalue weighted by atomic mass is 16.2. The molecule has 3 N–H and O–H groups in total. The largest absolute Gasteiger partial charge is 0.335 e. The second-order valence-electron chi connectivity index (χ2n) is 6.78. The number of aromatic amines is 1. The molecule has 2 heterocycles. The van der Waals surface area contributed by atoms with E-state index in [1.165, 1.54) is 6.21 Å². The Balaban J connectivity index is 1.68. The van der Waals surface area contributed by atoms with Crippen molar-refractivity contribution < 1.29 is 9.59 Å². The summed E-state index contributed by atoms with van der Waals surface area (Å²) in [6.45, 7) is 0. The molecule has 9 nitrogen and oxygen atoms in total. The maximum Gasteiger partial charge on any atom is 0.272 e. The lowest BCUT2D eigenvalue weighted by molar-refractivity contribution is -0.123. The Kier molecular flexibility index (Phi) is 6.08. The maximum atomic E-state index is 13.0. The Bertz CT molecular complexity index is 1340. The summed E-state index contributed by atoms with van der Waals surface area (Å²) in [7, 11) is 0. The number of carbonyl (C=O) groups is 2. The molecule has 0 aliphatic carbocycles. The van der Waals surface area contributed by atoms with E-state index in [4.69, 9.17) is 0 Å². The highest BCUT2D eigenvalue weighted by Gasteiger charge is 2.27. The van der Waals surface area contributed by atoms with Crippen LogP contribution in [0.1, 0.15) is 27.7 Å². The molecule has 0 aliphatic rings. The van der Waals surface area contributed by atoms with E-state index in [9.17, 15) is 14.4 Å². The van der Waals surface area contributed by atoms with Crippen molar-refractivity contribution in [1.29, 1.82) is 0 Å². The van der Waals surface area contributed by atoms with E-state index >= 15 is 0 Å². The van der Waals surface area contributed by atoms with Gasteiger partial charge in [-0.05, 0) is 24.3 Å². The minimum Gasteiger partial charge on any atom is -0.335 e. The van der Waals surface area contributed by atoms with Crippen molar-refractivity contribution in [2.45, 2.75) is 6.04 Å². The highest BCUT2D eigenvalue weighted by Crippen LogP contribution is 2.20. The van der Waals surface area contributed by atoms with Crippen LogP contribution in [-0.4, -0.2) is 33.2 Å². The second-order valence-corrected chi connectivity index (χ2v) is 6.78. The Hall–Kier alpha value is -4.66. The van der Waals surface area contributed by atoms with Gasteiger partial charge < -0.3 is 5.32 Å². The van der Waals surface area contributed by atoms with Gasteiger partial charge in [-0.25, -0.2) is 10.5 Å². The van der Waals surface area contributed by atoms with E-state index in [1.54, 1.807) is 79.1 Å². The molecule has 0 fully saturated rings. The molecule has 2 aromatic heterocycles. The summed E-state index contributed by atoms with van der Waals surface area (Å²) in [4.78, 5) is 42.0. The van der Waals surface area contributed by atoms with Gasteiger partial charge in [0.25, 0.3) is 17.4 Å². The van der Waals surface area contributed by atoms with Gasteiger partial charge in [-0.3, -0.25) is 19.4 Å². The average Bonchev–Trinajstić information content (AvgIpc) is 2.84. The molecule has 1 atom stereocenters. The number of benzene rings is 2. The highest BCUT2D eigenvalue weighted by molar-refractivity contribution is 5.99. The number of H-pyrrole nitrogens is 1. The number of hydrogen-bond acceptors (Lipinski definition) is 6. The van der Waals surface area contributed by atoms with Crippen LogP contribution in [0.15, 0.2) is 89.0 Å². The quantitative estimate of drug-likeness (QED) is 0.321. The van der Waals surface area contributed by atoms with Crippen molar-refractivity contribution in [3.8, 4) is 0 Å². The number of hydrazone groups is 1. The minimum absolute atomic E-state index is 0.193. The molecule has 4 aromatic rings. The van der Waals surface area contributed by atoms with Crippen LogP contribution in [0.5, 0.6) is 0 Å². The first-order chi connectivity index (χ1) is 15.6.